The lowest BCUT2D eigenvalue weighted by molar-refractivity contribution is -0.131. The lowest BCUT2D eigenvalue weighted by Crippen LogP contribution is -2.47. The van der Waals surface area contributed by atoms with Crippen LogP contribution in [0.3, 0.4) is 0 Å². The smallest absolute Gasteiger partial charge is 0.339 e. The number of urea groups is 1. The molecule has 118 valence electrons. The number of imide groups is 1. The summed E-state index contributed by atoms with van der Waals surface area (Å²) in [7, 11) is 1.32. The molecule has 7 heteroatoms. The van der Waals surface area contributed by atoms with Gasteiger partial charge in [-0.25, -0.2) is 15.4 Å². The Morgan fingerprint density at radius 2 is 2.05 bits per heavy atom. The Morgan fingerprint density at radius 3 is 2.59 bits per heavy atom. The monoisotopic (exact) mass is 305 g/mol. The van der Waals surface area contributed by atoms with Crippen molar-refractivity contribution in [2.24, 2.45) is 5.84 Å². The van der Waals surface area contributed by atoms with Gasteiger partial charge in [-0.05, 0) is 30.9 Å². The van der Waals surface area contributed by atoms with Gasteiger partial charge < -0.3 is 10.1 Å². The highest BCUT2D eigenvalue weighted by atomic mass is 16.5. The summed E-state index contributed by atoms with van der Waals surface area (Å²) in [5.74, 6) is 4.56. The molecule has 3 amide bonds. The molecule has 7 nitrogen and oxygen atoms in total. The fourth-order valence-electron chi connectivity index (χ4n) is 2.62. The molecule has 22 heavy (non-hydrogen) atoms. The van der Waals surface area contributed by atoms with Gasteiger partial charge in [-0.2, -0.15) is 5.01 Å². The first-order valence-corrected chi connectivity index (χ1v) is 7.03. The van der Waals surface area contributed by atoms with Crippen molar-refractivity contribution in [2.75, 3.05) is 7.11 Å². The Hall–Kier alpha value is -2.41. The average Bonchev–Trinajstić information content (AvgIpc) is 2.77. The lowest BCUT2D eigenvalue weighted by Gasteiger charge is -2.24. The Balaban J connectivity index is 2.21. The second-order valence-corrected chi connectivity index (χ2v) is 5.19. The number of hydrogen-bond donors (Lipinski definition) is 2. The molecule has 1 aromatic carbocycles. The van der Waals surface area contributed by atoms with Crippen LogP contribution in [-0.2, 0) is 16.0 Å². The van der Waals surface area contributed by atoms with Gasteiger partial charge in [0.25, 0.3) is 5.91 Å². The topological polar surface area (TPSA) is 102 Å². The second kappa shape index (κ2) is 6.15. The number of rotatable bonds is 5. The minimum absolute atomic E-state index is 0.357. The van der Waals surface area contributed by atoms with Gasteiger partial charge in [0.2, 0.25) is 0 Å². The normalized spacial score (nSPS) is 21.0. The van der Waals surface area contributed by atoms with Crippen molar-refractivity contribution >= 4 is 17.9 Å². The van der Waals surface area contributed by atoms with Crippen LogP contribution >= 0.6 is 0 Å². The molecule has 3 N–H and O–H groups in total. The number of carbonyl (C=O) groups excluding carboxylic acids is 3. The van der Waals surface area contributed by atoms with Gasteiger partial charge in [-0.15, -0.1) is 0 Å². The molecule has 1 fully saturated rings. The van der Waals surface area contributed by atoms with E-state index in [9.17, 15) is 14.4 Å². The maximum absolute atomic E-state index is 12.2. The van der Waals surface area contributed by atoms with Crippen LogP contribution < -0.4 is 11.2 Å². The summed E-state index contributed by atoms with van der Waals surface area (Å²) in [6.45, 7) is 1.81. The second-order valence-electron chi connectivity index (χ2n) is 5.19. The third-order valence-electron chi connectivity index (χ3n) is 4.04. The van der Waals surface area contributed by atoms with Gasteiger partial charge in [0.05, 0.1) is 12.7 Å². The van der Waals surface area contributed by atoms with Crippen molar-refractivity contribution in [3.63, 3.8) is 0 Å². The minimum Gasteiger partial charge on any atom is -0.465 e. The predicted molar refractivity (Wildman–Crippen MR) is 78.7 cm³/mol. The summed E-state index contributed by atoms with van der Waals surface area (Å²) in [5, 5.41) is 3.25. The summed E-state index contributed by atoms with van der Waals surface area (Å²) in [6, 6.07) is 6.43. The number of hydrogen-bond acceptors (Lipinski definition) is 5. The summed E-state index contributed by atoms with van der Waals surface area (Å²) in [5.41, 5.74) is 0.201. The summed E-state index contributed by atoms with van der Waals surface area (Å²) < 4.78 is 4.75. The van der Waals surface area contributed by atoms with Crippen molar-refractivity contribution < 1.29 is 19.1 Å². The zero-order chi connectivity index (χ0) is 16.3. The molecule has 0 saturated carbocycles. The van der Waals surface area contributed by atoms with E-state index >= 15 is 0 Å². The van der Waals surface area contributed by atoms with Gasteiger partial charge in [-0.1, -0.05) is 25.1 Å². The van der Waals surface area contributed by atoms with Crippen LogP contribution in [0.25, 0.3) is 0 Å². The first kappa shape index (κ1) is 16.0. The molecular weight excluding hydrogens is 286 g/mol. The molecule has 1 aromatic rings. The standard InChI is InChI=1S/C15H19N3O4/c1-3-15(13(20)18(16)14(21)17-15)9-8-10-6-4-5-7-11(10)12(19)22-2/h4-7H,3,8-9,16H2,1-2H3,(H,17,21)/t15-/m0/s1. The number of nitrogens with two attached hydrogens (primary N) is 1. The fourth-order valence-corrected chi connectivity index (χ4v) is 2.62. The molecule has 1 heterocycles. The van der Waals surface area contributed by atoms with Crippen LogP contribution in [0.1, 0.15) is 35.7 Å². The number of amides is 3. The molecule has 1 aliphatic heterocycles. The van der Waals surface area contributed by atoms with E-state index in [1.807, 2.05) is 13.0 Å². The van der Waals surface area contributed by atoms with Crippen molar-refractivity contribution in [2.45, 2.75) is 31.7 Å². The number of ether oxygens (including phenoxy) is 1. The molecule has 0 radical (unpaired) electrons. The Morgan fingerprint density at radius 1 is 1.36 bits per heavy atom. The molecule has 2 rings (SSSR count). The van der Waals surface area contributed by atoms with E-state index in [0.717, 1.165) is 5.56 Å². The summed E-state index contributed by atoms with van der Waals surface area (Å²) in [6.07, 6.45) is 1.22. The highest BCUT2D eigenvalue weighted by Gasteiger charge is 2.48. The third kappa shape index (κ3) is 2.67. The van der Waals surface area contributed by atoms with Crippen LogP contribution in [0.5, 0.6) is 0 Å². The number of nitrogens with zero attached hydrogens (tertiary/aromatic N) is 1. The van der Waals surface area contributed by atoms with Crippen LogP contribution in [0.4, 0.5) is 4.79 Å². The van der Waals surface area contributed by atoms with E-state index in [2.05, 4.69) is 5.32 Å². The maximum atomic E-state index is 12.2. The summed E-state index contributed by atoms with van der Waals surface area (Å²) in [4.78, 5) is 35.5. The Kier molecular flexibility index (Phi) is 4.46. The van der Waals surface area contributed by atoms with Crippen molar-refractivity contribution in [3.8, 4) is 0 Å². The molecule has 0 aromatic heterocycles. The van der Waals surface area contributed by atoms with E-state index in [0.29, 0.717) is 29.8 Å². The van der Waals surface area contributed by atoms with Crippen molar-refractivity contribution in [1.82, 2.24) is 10.3 Å². The molecule has 0 aliphatic carbocycles. The van der Waals surface area contributed by atoms with Gasteiger partial charge in [0.15, 0.2) is 0 Å². The number of hydrazine groups is 1. The number of methoxy groups -OCH3 is 1. The first-order chi connectivity index (χ1) is 10.4. The van der Waals surface area contributed by atoms with E-state index in [-0.39, 0.29) is 0 Å². The number of nitrogens with one attached hydrogen (secondary N) is 1. The lowest BCUT2D eigenvalue weighted by atomic mass is 9.87. The highest BCUT2D eigenvalue weighted by molar-refractivity contribution is 6.06. The fraction of sp³-hybridized carbons (Fsp3) is 0.400. The Labute approximate surface area is 128 Å². The zero-order valence-electron chi connectivity index (χ0n) is 12.6. The van der Waals surface area contributed by atoms with E-state index in [4.69, 9.17) is 10.6 Å². The maximum Gasteiger partial charge on any atom is 0.339 e. The molecular formula is C15H19N3O4. The third-order valence-corrected chi connectivity index (χ3v) is 4.04. The van der Waals surface area contributed by atoms with Crippen molar-refractivity contribution in [1.29, 1.82) is 0 Å². The molecule has 0 spiro atoms. The zero-order valence-corrected chi connectivity index (χ0v) is 12.6. The quantitative estimate of drug-likeness (QED) is 0.365. The molecule has 0 bridgehead atoms. The first-order valence-electron chi connectivity index (χ1n) is 7.03. The van der Waals surface area contributed by atoms with E-state index in [1.165, 1.54) is 7.11 Å². The average molecular weight is 305 g/mol. The molecule has 0 unspecified atom stereocenters. The van der Waals surface area contributed by atoms with Crippen LogP contribution in [0.2, 0.25) is 0 Å². The SMILES string of the molecule is CC[C@@]1(CCc2ccccc2C(=O)OC)NC(=O)N(N)C1=O. The highest BCUT2D eigenvalue weighted by Crippen LogP contribution is 2.26. The molecule has 1 aliphatic rings. The number of carbonyl (C=O) groups is 3. The van der Waals surface area contributed by atoms with Crippen LogP contribution in [-0.4, -0.2) is 35.6 Å². The number of esters is 1. The molecule has 1 saturated heterocycles. The molecule has 1 atom stereocenters. The van der Waals surface area contributed by atoms with E-state index in [1.54, 1.807) is 18.2 Å². The summed E-state index contributed by atoms with van der Waals surface area (Å²) >= 11 is 0. The Bertz CT molecular complexity index is 617. The van der Waals surface area contributed by atoms with Crippen LogP contribution in [0.15, 0.2) is 24.3 Å². The number of benzene rings is 1. The predicted octanol–water partition coefficient (Wildman–Crippen LogP) is 0.980. The van der Waals surface area contributed by atoms with Gasteiger partial charge in [0, 0.05) is 0 Å². The van der Waals surface area contributed by atoms with Gasteiger partial charge >= 0.3 is 12.0 Å². The number of aryl methyl sites for hydroxylation is 1. The van der Waals surface area contributed by atoms with Gasteiger partial charge in [0.1, 0.15) is 5.54 Å². The van der Waals surface area contributed by atoms with Crippen LogP contribution in [0, 0.1) is 0 Å². The largest absolute Gasteiger partial charge is 0.465 e. The van der Waals surface area contributed by atoms with E-state index < -0.39 is 23.4 Å². The minimum atomic E-state index is -1.02. The van der Waals surface area contributed by atoms with Crippen molar-refractivity contribution in [3.05, 3.63) is 35.4 Å². The van der Waals surface area contributed by atoms with Gasteiger partial charge in [-0.3, -0.25) is 4.79 Å².